The van der Waals surface area contributed by atoms with Crippen LogP contribution in [0.2, 0.25) is 0 Å². The summed E-state index contributed by atoms with van der Waals surface area (Å²) >= 11 is 3.12. The molecule has 0 radical (unpaired) electrons. The third-order valence-electron chi connectivity index (χ3n) is 29.4. The summed E-state index contributed by atoms with van der Waals surface area (Å²) in [6.07, 6.45) is 25.2. The predicted molar refractivity (Wildman–Crippen MR) is 609 cm³/mol. The Hall–Kier alpha value is -13.8. The van der Waals surface area contributed by atoms with Gasteiger partial charge in [-0.15, -0.1) is 22.7 Å². The lowest BCUT2D eigenvalue weighted by Gasteiger charge is -2.26. The number of rotatable bonds is 50. The Morgan fingerprint density at radius 2 is 0.605 bits per heavy atom. The minimum absolute atomic E-state index is 0.0327. The number of hydrogen-bond acceptors (Lipinski definition) is 13. The smallest absolute Gasteiger partial charge is 0.348 e. The van der Waals surface area contributed by atoms with Crippen LogP contribution in [0.25, 0.3) is 71.5 Å². The number of esters is 1. The first-order valence-electron chi connectivity index (χ1n) is 54.0. The second-order valence-corrected chi connectivity index (χ2v) is 42.1. The Morgan fingerprint density at radius 3 is 0.925 bits per heavy atom. The molecular weight excluding hydrogens is 1850 g/mol. The number of aryl methyl sites for hydroxylation is 3. The van der Waals surface area contributed by atoms with Crippen molar-refractivity contribution >= 4 is 121 Å². The van der Waals surface area contributed by atoms with Gasteiger partial charge in [0.05, 0.1) is 58.3 Å². The zero-order valence-electron chi connectivity index (χ0n) is 88.4. The van der Waals surface area contributed by atoms with Crippen LogP contribution in [0.4, 0.5) is 34.1 Å². The van der Waals surface area contributed by atoms with Crippen LogP contribution >= 0.6 is 22.7 Å². The fourth-order valence-electron chi connectivity index (χ4n) is 20.3. The van der Waals surface area contributed by atoms with Crippen LogP contribution in [0.5, 0.6) is 5.75 Å². The van der Waals surface area contributed by atoms with Crippen LogP contribution in [-0.2, 0) is 28.7 Å². The summed E-state index contributed by atoms with van der Waals surface area (Å²) in [5, 5.41) is 9.74. The van der Waals surface area contributed by atoms with Crippen LogP contribution in [0.15, 0.2) is 295 Å². The Balaban J connectivity index is 0.000000221. The third kappa shape index (κ3) is 25.5. The molecule has 4 amide bonds. The van der Waals surface area contributed by atoms with Gasteiger partial charge in [0.2, 0.25) is 0 Å². The summed E-state index contributed by atoms with van der Waals surface area (Å²) in [7, 11) is 0. The molecular formula is C130H145N7O8S2. The van der Waals surface area contributed by atoms with Crippen molar-refractivity contribution in [3.8, 4) is 55.0 Å². The minimum Gasteiger partial charge on any atom is -0.494 e. The number of carbonyl (C=O) groups is 6. The van der Waals surface area contributed by atoms with Gasteiger partial charge in [-0.2, -0.15) is 5.26 Å². The van der Waals surface area contributed by atoms with Crippen molar-refractivity contribution in [3.05, 3.63) is 344 Å². The van der Waals surface area contributed by atoms with Gasteiger partial charge in [-0.05, 0) is 248 Å². The highest BCUT2D eigenvalue weighted by molar-refractivity contribution is 7.17. The van der Waals surface area contributed by atoms with E-state index in [4.69, 9.17) is 9.47 Å². The molecule has 17 heteroatoms. The Bertz CT molecular complexity index is 6670. The monoisotopic (exact) mass is 2000 g/mol. The van der Waals surface area contributed by atoms with Gasteiger partial charge < -0.3 is 38.9 Å². The molecule has 4 aliphatic heterocycles. The SMILES string of the molecule is CCCCCCOc1ccc(N(c2ccc(C)cc2)c2ccc(-c3ccc(C4=C5C(=C(c6ccc(-c7ccc(C=O)cc7)s6)C(=O)N5CC(CC)CCCC)N(CC(CC)CCCC)C4=O)cc3)cc2)cc1.CCCCOC(=O)/C(C#N)=C/c1ccc(-c2ccc(C3=C4C(=C(c5ccc(-c6ccc(N(c7ccc(C)cc7)c7ccc(C)cc7)cc6)cc5)C(=O)N4CC(CC)CCCC)N(CC(CC)CCCC)C3=O)s2)cc1. The Labute approximate surface area is 881 Å². The van der Waals surface area contributed by atoms with Gasteiger partial charge in [-0.1, -0.05) is 346 Å². The average Bonchev–Trinajstić information content (AvgIpc) is 1.55. The lowest BCUT2D eigenvalue weighted by atomic mass is 9.97. The number of amides is 4. The molecule has 10 aromatic carbocycles. The second-order valence-electron chi connectivity index (χ2n) is 39.9. The molecule has 15 nitrogen and oxygen atoms in total. The molecule has 0 bridgehead atoms. The summed E-state index contributed by atoms with van der Waals surface area (Å²) in [5.74, 6) is 1.20. The normalized spacial score (nSPS) is 14.4. The summed E-state index contributed by atoms with van der Waals surface area (Å²) < 4.78 is 11.4. The molecule has 2 aromatic heterocycles. The van der Waals surface area contributed by atoms with E-state index in [-0.39, 0.29) is 47.6 Å². The number of nitriles is 1. The summed E-state index contributed by atoms with van der Waals surface area (Å²) in [6, 6.07) is 93.8. The van der Waals surface area contributed by atoms with Crippen LogP contribution in [0.3, 0.4) is 0 Å². The number of hydrogen-bond donors (Lipinski definition) is 0. The molecule has 6 heterocycles. The molecule has 4 atom stereocenters. The maximum atomic E-state index is 15.4. The van der Waals surface area contributed by atoms with Gasteiger partial charge in [0, 0.05) is 85.4 Å². The number of thiophene rings is 2. The first kappa shape index (κ1) is 107. The predicted octanol–water partition coefficient (Wildman–Crippen LogP) is 33.5. The average molecular weight is 2000 g/mol. The van der Waals surface area contributed by atoms with E-state index in [1.165, 1.54) is 36.0 Å². The van der Waals surface area contributed by atoms with Gasteiger partial charge in [0.1, 0.15) is 23.7 Å². The minimum atomic E-state index is -0.621. The van der Waals surface area contributed by atoms with E-state index in [1.807, 2.05) is 99.3 Å². The number of nitrogens with zero attached hydrogens (tertiary/aromatic N) is 7. The quantitative estimate of drug-likeness (QED) is 0.0117. The molecule has 0 N–H and O–H groups in total. The van der Waals surface area contributed by atoms with Crippen LogP contribution in [0, 0.1) is 55.8 Å². The first-order valence-corrected chi connectivity index (χ1v) is 55.7. The molecule has 12 aromatic rings. The maximum absolute atomic E-state index is 15.4. The van der Waals surface area contributed by atoms with Crippen LogP contribution in [-0.4, -0.2) is 94.9 Å². The molecule has 4 unspecified atom stereocenters. The highest BCUT2D eigenvalue weighted by Crippen LogP contribution is 2.54. The highest BCUT2D eigenvalue weighted by Gasteiger charge is 2.52. The van der Waals surface area contributed by atoms with Gasteiger partial charge in [-0.3, -0.25) is 24.0 Å². The molecule has 0 saturated heterocycles. The van der Waals surface area contributed by atoms with Crippen molar-refractivity contribution in [3.63, 3.8) is 0 Å². The van der Waals surface area contributed by atoms with E-state index < -0.39 is 5.97 Å². The Kier molecular flexibility index (Phi) is 38.0. The number of fused-ring (bicyclic) bond motifs is 2. The molecule has 147 heavy (non-hydrogen) atoms. The zero-order valence-corrected chi connectivity index (χ0v) is 90.0. The van der Waals surface area contributed by atoms with Crippen molar-refractivity contribution in [2.45, 2.75) is 231 Å². The molecule has 0 saturated carbocycles. The third-order valence-corrected chi connectivity index (χ3v) is 31.7. The van der Waals surface area contributed by atoms with Gasteiger partial charge >= 0.3 is 5.97 Å². The fraction of sp³-hybridized carbons (Fsp3) is 0.346. The standard InChI is InChI=1S/C66H72N4O4S.C64H73N3O4S/c1-8-13-16-47(11-4)43-68-62-60(53-28-26-50(27-29-53)51-30-36-57(37-31-51)70(55-32-18-45(6)19-33-55)56-34-20-46(7)21-35-56)64(71)69(44-48(12-5)17-14-9-2)63(62)61(65(68)72)59-39-38-58(75-59)52-24-22-49(23-25-52)41-54(42-67)66(73)74-40-15-10-3;1-7-12-15-16-41-71-56-37-35-55(36-38-56)67(53-31-19-45(6)20-32-53)54-33-29-50(30-34-54)49-25-27-52(28-26-49)59-61-62(66(63(59)69)43-47(11-5)18-14-9-3)60(64(70)65(61)42-46(10-4)17-13-8-2)58-40-39-57(72-58)51-23-21-48(44-68)22-24-51/h18-39,41,47-48H,8-17,40,43-44H2,1-7H3;19-40,44,46-47H,7-18,41-43H2,1-6H3/b54-41+;. The van der Waals surface area contributed by atoms with Gasteiger partial charge in [0.25, 0.3) is 23.6 Å². The van der Waals surface area contributed by atoms with E-state index in [1.54, 1.807) is 28.7 Å². The largest absolute Gasteiger partial charge is 0.494 e. The number of ether oxygens (including phenoxy) is 2. The molecule has 0 spiro atoms. The second kappa shape index (κ2) is 52.0. The lowest BCUT2D eigenvalue weighted by molar-refractivity contribution is -0.138. The number of benzene rings is 10. The Morgan fingerprint density at radius 1 is 0.320 bits per heavy atom. The van der Waals surface area contributed by atoms with E-state index >= 15 is 19.2 Å². The summed E-state index contributed by atoms with van der Waals surface area (Å²) in [4.78, 5) is 102. The molecule has 4 aliphatic rings. The van der Waals surface area contributed by atoms with E-state index in [0.29, 0.717) is 71.4 Å². The van der Waals surface area contributed by atoms with Crippen LogP contribution in [0.1, 0.15) is 264 Å². The number of anilines is 6. The van der Waals surface area contributed by atoms with Crippen molar-refractivity contribution in [2.24, 2.45) is 23.7 Å². The van der Waals surface area contributed by atoms with Crippen LogP contribution < -0.4 is 14.5 Å². The highest BCUT2D eigenvalue weighted by atomic mass is 32.1. The van der Waals surface area contributed by atoms with E-state index in [0.717, 1.165) is 262 Å². The number of carbonyl (C=O) groups excluding carboxylic acids is 6. The van der Waals surface area contributed by atoms with Gasteiger partial charge in [0.15, 0.2) is 0 Å². The fourth-order valence-corrected chi connectivity index (χ4v) is 22.4. The van der Waals surface area contributed by atoms with Crippen molar-refractivity contribution in [1.82, 2.24) is 19.6 Å². The summed E-state index contributed by atoms with van der Waals surface area (Å²) in [6.45, 7) is 31.4. The van der Waals surface area contributed by atoms with Gasteiger partial charge in [-0.25, -0.2) is 4.79 Å². The zero-order chi connectivity index (χ0) is 104. The summed E-state index contributed by atoms with van der Waals surface area (Å²) in [5.41, 5.74) is 24.4. The first-order chi connectivity index (χ1) is 71.7. The lowest BCUT2D eigenvalue weighted by Crippen LogP contribution is -2.32. The number of unbranched alkanes of at least 4 members (excludes halogenated alkanes) is 8. The molecule has 0 fully saturated rings. The van der Waals surface area contributed by atoms with E-state index in [2.05, 4.69) is 293 Å². The van der Waals surface area contributed by atoms with Crippen molar-refractivity contribution < 1.29 is 38.2 Å². The van der Waals surface area contributed by atoms with Crippen molar-refractivity contribution in [1.29, 1.82) is 5.26 Å². The topological polar surface area (TPSA) is 164 Å². The molecule has 760 valence electrons. The van der Waals surface area contributed by atoms with Crippen molar-refractivity contribution in [2.75, 3.05) is 49.2 Å². The maximum Gasteiger partial charge on any atom is 0.348 e. The molecule has 16 rings (SSSR count). The molecule has 0 aliphatic carbocycles. The van der Waals surface area contributed by atoms with E-state index in [9.17, 15) is 14.9 Å². The number of aldehydes is 1.